The Hall–Kier alpha value is -4.36. The average molecular weight is 905 g/mol. The number of fused-ring (bicyclic) bond motifs is 1. The fourth-order valence-corrected chi connectivity index (χ4v) is 9.61. The second-order valence-electron chi connectivity index (χ2n) is 17.1. The highest BCUT2D eigenvalue weighted by molar-refractivity contribution is 6.33. The molecule has 7 rings (SSSR count). The van der Waals surface area contributed by atoms with Crippen molar-refractivity contribution in [2.75, 3.05) is 116 Å². The minimum absolute atomic E-state index is 0.0608. The summed E-state index contributed by atoms with van der Waals surface area (Å²) in [5, 5.41) is 2.68. The van der Waals surface area contributed by atoms with Crippen LogP contribution in [0.1, 0.15) is 55.2 Å². The highest BCUT2D eigenvalue weighted by Crippen LogP contribution is 2.38. The van der Waals surface area contributed by atoms with E-state index in [-0.39, 0.29) is 48.1 Å². The Morgan fingerprint density at radius 1 is 0.857 bits per heavy atom. The molecule has 5 heterocycles. The number of piperazine rings is 1. The molecule has 5 aliphatic rings. The van der Waals surface area contributed by atoms with Crippen LogP contribution in [0.3, 0.4) is 0 Å². The van der Waals surface area contributed by atoms with Crippen LogP contribution in [0, 0.1) is 0 Å². The largest absolute Gasteiger partial charge is 0.464 e. The number of nitrogens with two attached hydrogens (primary N) is 1. The number of carbonyl (C=O) groups is 4. The summed E-state index contributed by atoms with van der Waals surface area (Å²) in [6.07, 6.45) is -2.59. The highest BCUT2D eigenvalue weighted by Gasteiger charge is 2.38. The summed E-state index contributed by atoms with van der Waals surface area (Å²) in [5.74, 6) is -0.660. The van der Waals surface area contributed by atoms with Crippen molar-refractivity contribution in [1.29, 1.82) is 0 Å². The minimum atomic E-state index is -4.79. The topological polar surface area (TPSA) is 153 Å². The normalized spacial score (nSPS) is 20.8. The van der Waals surface area contributed by atoms with Crippen LogP contribution in [0.15, 0.2) is 36.4 Å². The third-order valence-corrected chi connectivity index (χ3v) is 13.4. The van der Waals surface area contributed by atoms with Crippen LogP contribution >= 0.6 is 11.6 Å². The van der Waals surface area contributed by atoms with Gasteiger partial charge in [0.1, 0.15) is 6.61 Å². The number of esters is 1. The lowest BCUT2D eigenvalue weighted by Gasteiger charge is -2.43. The Kier molecular flexibility index (Phi) is 15.9. The Balaban J connectivity index is 0.897. The van der Waals surface area contributed by atoms with Crippen LogP contribution in [-0.4, -0.2) is 176 Å². The Bertz CT molecular complexity index is 1900. The van der Waals surface area contributed by atoms with Crippen molar-refractivity contribution in [3.05, 3.63) is 58.1 Å². The molecule has 1 unspecified atom stereocenters. The third kappa shape index (κ3) is 12.5. The highest BCUT2D eigenvalue weighted by atomic mass is 35.5. The van der Waals surface area contributed by atoms with Crippen molar-refractivity contribution < 1.29 is 46.6 Å². The van der Waals surface area contributed by atoms with Crippen LogP contribution in [0.25, 0.3) is 0 Å². The van der Waals surface area contributed by atoms with Gasteiger partial charge in [0.2, 0.25) is 0 Å². The van der Waals surface area contributed by atoms with Crippen LogP contribution in [0.4, 0.5) is 34.1 Å². The second-order valence-corrected chi connectivity index (χ2v) is 17.5. The number of morpholine rings is 1. The van der Waals surface area contributed by atoms with E-state index in [0.717, 1.165) is 75.8 Å². The maximum absolute atomic E-state index is 14.2. The van der Waals surface area contributed by atoms with Crippen molar-refractivity contribution in [1.82, 2.24) is 29.4 Å². The molecule has 346 valence electrons. The van der Waals surface area contributed by atoms with Gasteiger partial charge >= 0.3 is 24.3 Å². The van der Waals surface area contributed by atoms with E-state index in [0.29, 0.717) is 84.3 Å². The molecule has 4 fully saturated rings. The van der Waals surface area contributed by atoms with Gasteiger partial charge in [-0.1, -0.05) is 29.8 Å². The van der Waals surface area contributed by atoms with Gasteiger partial charge in [-0.05, 0) is 87.5 Å². The van der Waals surface area contributed by atoms with Crippen molar-refractivity contribution in [2.24, 2.45) is 0 Å². The molecule has 0 bridgehead atoms. The summed E-state index contributed by atoms with van der Waals surface area (Å²) >= 11 is 6.16. The second kappa shape index (κ2) is 21.5. The number of anilines is 2. The quantitative estimate of drug-likeness (QED) is 0.211. The minimum Gasteiger partial charge on any atom is -0.464 e. The Morgan fingerprint density at radius 2 is 1.54 bits per heavy atom. The maximum Gasteiger partial charge on any atom is 0.418 e. The number of hydrogen-bond donors (Lipinski definition) is 2. The number of hydrogen-bond acceptors (Lipinski definition) is 11. The first-order valence-corrected chi connectivity index (χ1v) is 22.7. The van der Waals surface area contributed by atoms with Gasteiger partial charge in [0.25, 0.3) is 5.91 Å². The SMILES string of the molecule is Nc1c(Cl)cc(CC(OC(=O)N2CCC(N3CCc4ccccc4NC3=O)CC2)C(=O)N2CCN(C3CCN(CCCC(=O)OCCN4CCOCC4)CC3)CC2)cc1C(F)(F)F. The van der Waals surface area contributed by atoms with E-state index in [1.807, 2.05) is 24.3 Å². The Labute approximate surface area is 371 Å². The van der Waals surface area contributed by atoms with E-state index in [1.165, 1.54) is 11.0 Å². The standard InChI is InChI=1S/C44H60ClF3N8O7/c45-36-29-31(28-35(40(36)49)44(46,47)48)30-38(63-43(60)55-15-10-34(11-16-55)56-17-7-32-4-1-2-5-37(32)50-42(56)59)41(58)54-20-18-53(19-21-54)33-8-13-51(14-9-33)12-3-6-39(57)62-27-24-52-22-25-61-26-23-52/h1-2,4-5,28-29,33-34,38H,3,6-27,30,49H2,(H,50,59). The van der Waals surface area contributed by atoms with Gasteiger partial charge in [-0.2, -0.15) is 13.2 Å². The molecular formula is C44H60ClF3N8O7. The molecule has 15 nitrogen and oxygen atoms in total. The summed E-state index contributed by atoms with van der Waals surface area (Å²) in [6, 6.07) is 9.83. The molecule has 63 heavy (non-hydrogen) atoms. The number of alkyl halides is 3. The van der Waals surface area contributed by atoms with E-state index in [2.05, 4.69) is 20.0 Å². The zero-order valence-corrected chi connectivity index (χ0v) is 36.6. The van der Waals surface area contributed by atoms with E-state index in [4.69, 9.17) is 31.5 Å². The zero-order chi connectivity index (χ0) is 44.5. The van der Waals surface area contributed by atoms with E-state index in [1.54, 1.807) is 9.80 Å². The van der Waals surface area contributed by atoms with Crippen molar-refractivity contribution in [3.63, 3.8) is 0 Å². The summed E-state index contributed by atoms with van der Waals surface area (Å²) in [5.41, 5.74) is 5.86. The first kappa shape index (κ1) is 46.6. The number of urea groups is 1. The molecule has 0 aromatic heterocycles. The predicted molar refractivity (Wildman–Crippen MR) is 230 cm³/mol. The average Bonchev–Trinajstić information content (AvgIpc) is 3.45. The lowest BCUT2D eigenvalue weighted by molar-refractivity contribution is -0.144. The number of amides is 4. The first-order chi connectivity index (χ1) is 30.3. The lowest BCUT2D eigenvalue weighted by Crippen LogP contribution is -2.56. The maximum atomic E-state index is 14.2. The molecule has 4 amide bonds. The van der Waals surface area contributed by atoms with Crippen molar-refractivity contribution in [3.8, 4) is 0 Å². The molecule has 4 saturated heterocycles. The summed E-state index contributed by atoms with van der Waals surface area (Å²) < 4.78 is 58.6. The molecular weight excluding hydrogens is 845 g/mol. The number of nitrogens with one attached hydrogen (secondary N) is 1. The van der Waals surface area contributed by atoms with Gasteiger partial charge in [0, 0.05) is 96.1 Å². The van der Waals surface area contributed by atoms with Gasteiger partial charge in [0.15, 0.2) is 6.10 Å². The fraction of sp³-hybridized carbons (Fsp3) is 0.636. The van der Waals surface area contributed by atoms with Crippen LogP contribution in [0.2, 0.25) is 5.02 Å². The zero-order valence-electron chi connectivity index (χ0n) is 35.8. The summed E-state index contributed by atoms with van der Waals surface area (Å²) in [4.78, 5) is 65.3. The molecule has 0 saturated carbocycles. The van der Waals surface area contributed by atoms with Gasteiger partial charge in [-0.15, -0.1) is 0 Å². The molecule has 1 atom stereocenters. The van der Waals surface area contributed by atoms with Crippen LogP contribution in [-0.2, 0) is 42.8 Å². The number of nitrogen functional groups attached to an aromatic ring is 1. The van der Waals surface area contributed by atoms with Gasteiger partial charge in [0.05, 0.1) is 29.5 Å². The summed E-state index contributed by atoms with van der Waals surface area (Å²) in [7, 11) is 0. The summed E-state index contributed by atoms with van der Waals surface area (Å²) in [6.45, 7) is 9.88. The first-order valence-electron chi connectivity index (χ1n) is 22.3. The molecule has 0 spiro atoms. The van der Waals surface area contributed by atoms with Crippen LogP contribution in [0.5, 0.6) is 0 Å². The number of ether oxygens (including phenoxy) is 3. The number of likely N-dealkylation sites (tertiary alicyclic amines) is 2. The predicted octanol–water partition coefficient (Wildman–Crippen LogP) is 4.81. The number of benzene rings is 2. The molecule has 2 aromatic carbocycles. The monoisotopic (exact) mass is 904 g/mol. The van der Waals surface area contributed by atoms with Crippen molar-refractivity contribution >= 4 is 47.0 Å². The van der Waals surface area contributed by atoms with Gasteiger partial charge in [-0.3, -0.25) is 19.4 Å². The number of para-hydroxylation sites is 1. The third-order valence-electron chi connectivity index (χ3n) is 13.1. The number of piperidine rings is 2. The van der Waals surface area contributed by atoms with E-state index < -0.39 is 35.5 Å². The van der Waals surface area contributed by atoms with Gasteiger partial charge in [-0.25, -0.2) is 9.59 Å². The Morgan fingerprint density at radius 3 is 2.25 bits per heavy atom. The fourth-order valence-electron chi connectivity index (χ4n) is 9.37. The number of rotatable bonds is 13. The molecule has 2 aromatic rings. The number of carbonyl (C=O) groups excluding carboxylic acids is 4. The van der Waals surface area contributed by atoms with Gasteiger partial charge < -0.3 is 44.9 Å². The smallest absolute Gasteiger partial charge is 0.418 e. The van der Waals surface area contributed by atoms with E-state index >= 15 is 0 Å². The number of nitrogens with zero attached hydrogens (tertiary/aromatic N) is 6. The number of halogens is 4. The molecule has 19 heteroatoms. The molecule has 5 aliphatic heterocycles. The lowest BCUT2D eigenvalue weighted by atomic mass is 10.0. The van der Waals surface area contributed by atoms with Crippen molar-refractivity contribution in [2.45, 2.75) is 75.7 Å². The molecule has 0 radical (unpaired) electrons. The van der Waals surface area contributed by atoms with Crippen LogP contribution < -0.4 is 11.1 Å². The van der Waals surface area contributed by atoms with E-state index in [9.17, 15) is 32.3 Å². The molecule has 0 aliphatic carbocycles. The molecule has 3 N–H and O–H groups in total.